The van der Waals surface area contributed by atoms with Crippen molar-refractivity contribution in [2.24, 2.45) is 0 Å². The maximum atomic E-state index is 13.1. The minimum atomic E-state index is -0.364. The number of benzene rings is 2. The summed E-state index contributed by atoms with van der Waals surface area (Å²) in [5.74, 6) is 1.44. The van der Waals surface area contributed by atoms with Crippen LogP contribution in [0, 0.1) is 6.92 Å². The van der Waals surface area contributed by atoms with Crippen LogP contribution < -0.4 is 9.64 Å². The zero-order chi connectivity index (χ0) is 24.2. The number of rotatable bonds is 7. The summed E-state index contributed by atoms with van der Waals surface area (Å²) in [6.07, 6.45) is 2.38. The van der Waals surface area contributed by atoms with Gasteiger partial charge in [0, 0.05) is 26.2 Å². The lowest BCUT2D eigenvalue weighted by molar-refractivity contribution is -0.142. The SMILES string of the molecule is Cc1ccc(CN2CC[C@@H](N3CCN(c4ccc(OCc5ccccc5)cn4)CC3=O)C2=O)cc1. The second kappa shape index (κ2) is 10.2. The van der Waals surface area contributed by atoms with Gasteiger partial charge in [0.05, 0.1) is 12.7 Å². The van der Waals surface area contributed by atoms with Crippen LogP contribution in [0.15, 0.2) is 72.9 Å². The van der Waals surface area contributed by atoms with E-state index in [0.717, 1.165) is 16.9 Å². The van der Waals surface area contributed by atoms with Crippen molar-refractivity contribution in [3.05, 3.63) is 89.6 Å². The highest BCUT2D eigenvalue weighted by Crippen LogP contribution is 2.24. The largest absolute Gasteiger partial charge is 0.487 e. The number of pyridine rings is 1. The first-order valence-corrected chi connectivity index (χ1v) is 12.1. The fourth-order valence-corrected chi connectivity index (χ4v) is 4.68. The number of piperazine rings is 1. The van der Waals surface area contributed by atoms with E-state index in [9.17, 15) is 9.59 Å². The molecule has 180 valence electrons. The molecule has 1 aromatic heterocycles. The molecule has 0 saturated carbocycles. The molecule has 5 rings (SSSR count). The third-order valence-corrected chi connectivity index (χ3v) is 6.69. The number of carbonyl (C=O) groups excluding carboxylic acids is 2. The van der Waals surface area contributed by atoms with Crippen LogP contribution in [-0.2, 0) is 22.7 Å². The van der Waals surface area contributed by atoms with Crippen LogP contribution in [0.2, 0.25) is 0 Å². The number of carbonyl (C=O) groups is 2. The van der Waals surface area contributed by atoms with Gasteiger partial charge in [0.2, 0.25) is 11.8 Å². The minimum absolute atomic E-state index is 0.0296. The molecular weight excluding hydrogens is 440 g/mol. The summed E-state index contributed by atoms with van der Waals surface area (Å²) in [7, 11) is 0. The van der Waals surface area contributed by atoms with E-state index in [1.165, 1.54) is 5.56 Å². The molecule has 0 unspecified atom stereocenters. The number of hydrogen-bond donors (Lipinski definition) is 0. The highest BCUT2D eigenvalue weighted by molar-refractivity contribution is 5.91. The smallest absolute Gasteiger partial charge is 0.245 e. The molecule has 3 aromatic rings. The zero-order valence-electron chi connectivity index (χ0n) is 20.0. The van der Waals surface area contributed by atoms with Crippen LogP contribution in [0.25, 0.3) is 0 Å². The molecule has 2 saturated heterocycles. The Morgan fingerprint density at radius 3 is 2.43 bits per heavy atom. The topological polar surface area (TPSA) is 66.0 Å². The van der Waals surface area contributed by atoms with Crippen LogP contribution in [0.1, 0.15) is 23.1 Å². The Bertz CT molecular complexity index is 1170. The van der Waals surface area contributed by atoms with Gasteiger partial charge in [0.25, 0.3) is 0 Å². The van der Waals surface area contributed by atoms with E-state index in [1.807, 2.05) is 52.3 Å². The second-order valence-corrected chi connectivity index (χ2v) is 9.18. The molecule has 7 nitrogen and oxygen atoms in total. The lowest BCUT2D eigenvalue weighted by atomic mass is 10.1. The maximum Gasteiger partial charge on any atom is 0.245 e. The van der Waals surface area contributed by atoms with Crippen molar-refractivity contribution >= 4 is 17.6 Å². The first-order valence-electron chi connectivity index (χ1n) is 12.1. The Morgan fingerprint density at radius 1 is 0.914 bits per heavy atom. The number of anilines is 1. The van der Waals surface area contributed by atoms with Crippen LogP contribution in [0.3, 0.4) is 0 Å². The molecule has 2 aliphatic heterocycles. The number of ether oxygens (including phenoxy) is 1. The molecule has 0 radical (unpaired) electrons. The summed E-state index contributed by atoms with van der Waals surface area (Å²) in [5.41, 5.74) is 3.41. The first-order chi connectivity index (χ1) is 17.1. The van der Waals surface area contributed by atoms with E-state index in [0.29, 0.717) is 45.0 Å². The number of amides is 2. The van der Waals surface area contributed by atoms with E-state index in [4.69, 9.17) is 4.74 Å². The van der Waals surface area contributed by atoms with Gasteiger partial charge in [-0.25, -0.2) is 4.98 Å². The maximum absolute atomic E-state index is 13.1. The lowest BCUT2D eigenvalue weighted by Gasteiger charge is -2.37. The van der Waals surface area contributed by atoms with E-state index >= 15 is 0 Å². The predicted octanol–water partition coefficient (Wildman–Crippen LogP) is 3.42. The van der Waals surface area contributed by atoms with E-state index in [2.05, 4.69) is 36.2 Å². The highest BCUT2D eigenvalue weighted by Gasteiger charge is 2.40. The molecule has 0 N–H and O–H groups in total. The third kappa shape index (κ3) is 5.29. The Morgan fingerprint density at radius 2 is 1.71 bits per heavy atom. The molecule has 7 heteroatoms. The van der Waals surface area contributed by atoms with Gasteiger partial charge in [-0.1, -0.05) is 60.2 Å². The quantitative estimate of drug-likeness (QED) is 0.530. The molecule has 0 spiro atoms. The lowest BCUT2D eigenvalue weighted by Crippen LogP contribution is -2.56. The minimum Gasteiger partial charge on any atom is -0.487 e. The molecule has 0 bridgehead atoms. The summed E-state index contributed by atoms with van der Waals surface area (Å²) < 4.78 is 5.81. The number of aromatic nitrogens is 1. The first kappa shape index (κ1) is 22.9. The summed E-state index contributed by atoms with van der Waals surface area (Å²) in [6.45, 7) is 5.18. The average molecular weight is 471 g/mol. The standard InChI is InChI=1S/C28H30N4O3/c1-21-7-9-22(10-8-21)18-31-14-13-25(28(31)34)32-16-15-30(19-27(32)33)26-12-11-24(17-29-26)35-20-23-5-3-2-4-6-23/h2-12,17,25H,13-16,18-20H2,1H3/t25-/m1/s1. The number of likely N-dealkylation sites (tertiary alicyclic amines) is 1. The van der Waals surface area contributed by atoms with Gasteiger partial charge in [-0.3, -0.25) is 9.59 Å². The molecular formula is C28H30N4O3. The predicted molar refractivity (Wildman–Crippen MR) is 134 cm³/mol. The van der Waals surface area contributed by atoms with Gasteiger partial charge in [0.1, 0.15) is 24.2 Å². The Balaban J connectivity index is 1.15. The van der Waals surface area contributed by atoms with E-state index in [-0.39, 0.29) is 24.4 Å². The summed E-state index contributed by atoms with van der Waals surface area (Å²) in [6, 6.07) is 21.6. The third-order valence-electron chi connectivity index (χ3n) is 6.69. The van der Waals surface area contributed by atoms with Gasteiger partial charge in [-0.2, -0.15) is 0 Å². The molecule has 1 atom stereocenters. The fraction of sp³-hybridized carbons (Fsp3) is 0.321. The normalized spacial score (nSPS) is 18.3. The van der Waals surface area contributed by atoms with E-state index < -0.39 is 0 Å². The molecule has 2 fully saturated rings. The van der Waals surface area contributed by atoms with Crippen molar-refractivity contribution in [3.8, 4) is 5.75 Å². The van der Waals surface area contributed by atoms with Crippen molar-refractivity contribution in [1.82, 2.24) is 14.8 Å². The molecule has 2 aromatic carbocycles. The van der Waals surface area contributed by atoms with Crippen LogP contribution in [-0.4, -0.2) is 58.8 Å². The van der Waals surface area contributed by atoms with Gasteiger partial charge in [-0.15, -0.1) is 0 Å². The van der Waals surface area contributed by atoms with Gasteiger partial charge in [0.15, 0.2) is 0 Å². The highest BCUT2D eigenvalue weighted by atomic mass is 16.5. The Kier molecular flexibility index (Phi) is 6.66. The summed E-state index contributed by atoms with van der Waals surface area (Å²) in [4.78, 5) is 36.2. The van der Waals surface area contributed by atoms with Crippen molar-refractivity contribution in [2.45, 2.75) is 32.5 Å². The van der Waals surface area contributed by atoms with Crippen molar-refractivity contribution in [2.75, 3.05) is 31.1 Å². The second-order valence-electron chi connectivity index (χ2n) is 9.18. The zero-order valence-corrected chi connectivity index (χ0v) is 20.0. The fourth-order valence-electron chi connectivity index (χ4n) is 4.68. The van der Waals surface area contributed by atoms with Gasteiger partial charge in [-0.05, 0) is 36.6 Å². The van der Waals surface area contributed by atoms with E-state index in [1.54, 1.807) is 11.1 Å². The van der Waals surface area contributed by atoms with Crippen LogP contribution in [0.4, 0.5) is 5.82 Å². The molecule has 0 aliphatic carbocycles. The number of nitrogens with zero attached hydrogens (tertiary/aromatic N) is 4. The van der Waals surface area contributed by atoms with Gasteiger partial charge < -0.3 is 19.4 Å². The average Bonchev–Trinajstić information content (AvgIpc) is 3.24. The summed E-state index contributed by atoms with van der Waals surface area (Å²) in [5, 5.41) is 0. The van der Waals surface area contributed by atoms with Crippen molar-refractivity contribution < 1.29 is 14.3 Å². The molecule has 35 heavy (non-hydrogen) atoms. The van der Waals surface area contributed by atoms with Crippen molar-refractivity contribution in [3.63, 3.8) is 0 Å². The van der Waals surface area contributed by atoms with Gasteiger partial charge >= 0.3 is 0 Å². The molecule has 2 amide bonds. The molecule has 3 heterocycles. The number of aryl methyl sites for hydroxylation is 1. The summed E-state index contributed by atoms with van der Waals surface area (Å²) >= 11 is 0. The number of hydrogen-bond acceptors (Lipinski definition) is 5. The molecule has 2 aliphatic rings. The van der Waals surface area contributed by atoms with Crippen molar-refractivity contribution in [1.29, 1.82) is 0 Å². The van der Waals surface area contributed by atoms with Crippen LogP contribution in [0.5, 0.6) is 5.75 Å². The Labute approximate surface area is 205 Å². The van der Waals surface area contributed by atoms with Crippen LogP contribution >= 0.6 is 0 Å². The monoisotopic (exact) mass is 470 g/mol. The Hall–Kier alpha value is -3.87.